The fraction of sp³-hybridized carbons (Fsp3) is 0.316. The van der Waals surface area contributed by atoms with E-state index in [0.29, 0.717) is 18.9 Å². The molecule has 0 radical (unpaired) electrons. The Kier molecular flexibility index (Phi) is 6.02. The van der Waals surface area contributed by atoms with Crippen molar-refractivity contribution < 1.29 is 9.21 Å². The molecule has 0 bridgehead atoms. The Morgan fingerprint density at radius 2 is 1.97 bits per heavy atom. The van der Waals surface area contributed by atoms with Gasteiger partial charge in [0.15, 0.2) is 5.78 Å². The van der Waals surface area contributed by atoms with E-state index in [1.54, 1.807) is 0 Å². The Hall–Kier alpha value is -3.14. The summed E-state index contributed by atoms with van der Waals surface area (Å²) < 4.78 is 7.76. The zero-order valence-corrected chi connectivity index (χ0v) is 17.2. The topological polar surface area (TPSA) is 126 Å². The predicted molar refractivity (Wildman–Crippen MR) is 110 cm³/mol. The molecule has 3 aromatic rings. The molecule has 29 heavy (non-hydrogen) atoms. The first kappa shape index (κ1) is 20.6. The van der Waals surface area contributed by atoms with Crippen LogP contribution in [-0.2, 0) is 13.6 Å². The highest BCUT2D eigenvalue weighted by molar-refractivity contribution is 7.99. The molecular weight excluding hydrogens is 394 g/mol. The SMILES string of the molecule is CCCn1c(N)c(C(=O)CSc2nnc(-c3ccccc3C)o2)c(=O)n(C)c1=O. The van der Waals surface area contributed by atoms with Crippen molar-refractivity contribution in [2.75, 3.05) is 11.5 Å². The van der Waals surface area contributed by atoms with Gasteiger partial charge in [0.1, 0.15) is 11.4 Å². The molecule has 0 saturated heterocycles. The maximum atomic E-state index is 12.7. The van der Waals surface area contributed by atoms with Crippen molar-refractivity contribution in [3.8, 4) is 11.5 Å². The molecule has 2 N–H and O–H groups in total. The van der Waals surface area contributed by atoms with Crippen molar-refractivity contribution in [2.24, 2.45) is 7.05 Å². The van der Waals surface area contributed by atoms with Gasteiger partial charge in [-0.05, 0) is 25.0 Å². The van der Waals surface area contributed by atoms with E-state index in [9.17, 15) is 14.4 Å². The molecule has 2 heterocycles. The molecule has 0 unspecified atom stereocenters. The predicted octanol–water partition coefficient (Wildman–Crippen LogP) is 1.87. The largest absolute Gasteiger partial charge is 0.411 e. The molecule has 2 aromatic heterocycles. The van der Waals surface area contributed by atoms with Gasteiger partial charge in [-0.15, -0.1) is 10.2 Å². The zero-order valence-electron chi connectivity index (χ0n) is 16.3. The average molecular weight is 415 g/mol. The first-order valence-corrected chi connectivity index (χ1v) is 9.98. The number of carbonyl (C=O) groups is 1. The number of carbonyl (C=O) groups excluding carboxylic acids is 1. The minimum atomic E-state index is -0.711. The highest BCUT2D eigenvalue weighted by Crippen LogP contribution is 2.26. The monoisotopic (exact) mass is 415 g/mol. The number of Topliss-reactive ketones (excluding diaryl/α,β-unsaturated/α-hetero) is 1. The van der Waals surface area contributed by atoms with Crippen LogP contribution in [0, 0.1) is 6.92 Å². The Labute approximate surface area is 170 Å². The Morgan fingerprint density at radius 1 is 1.24 bits per heavy atom. The molecule has 152 valence electrons. The van der Waals surface area contributed by atoms with Gasteiger partial charge in [0, 0.05) is 19.2 Å². The van der Waals surface area contributed by atoms with Crippen LogP contribution in [0.2, 0.25) is 0 Å². The van der Waals surface area contributed by atoms with Crippen LogP contribution < -0.4 is 17.0 Å². The van der Waals surface area contributed by atoms with Crippen LogP contribution in [0.25, 0.3) is 11.5 Å². The number of thioether (sulfide) groups is 1. The lowest BCUT2D eigenvalue weighted by Crippen LogP contribution is -2.42. The van der Waals surface area contributed by atoms with E-state index in [4.69, 9.17) is 10.2 Å². The van der Waals surface area contributed by atoms with E-state index in [0.717, 1.165) is 27.5 Å². The van der Waals surface area contributed by atoms with Gasteiger partial charge < -0.3 is 10.2 Å². The first-order chi connectivity index (χ1) is 13.8. The van der Waals surface area contributed by atoms with E-state index < -0.39 is 17.0 Å². The molecule has 0 amide bonds. The average Bonchev–Trinajstić information content (AvgIpc) is 3.17. The molecular formula is C19H21N5O4S. The molecule has 0 aliphatic heterocycles. The Balaban J connectivity index is 1.83. The number of aromatic nitrogens is 4. The maximum absolute atomic E-state index is 12.7. The number of rotatable bonds is 7. The third kappa shape index (κ3) is 4.02. The summed E-state index contributed by atoms with van der Waals surface area (Å²) in [6.45, 7) is 4.12. The van der Waals surface area contributed by atoms with Gasteiger partial charge in [-0.3, -0.25) is 18.7 Å². The van der Waals surface area contributed by atoms with E-state index in [1.807, 2.05) is 38.1 Å². The highest BCUT2D eigenvalue weighted by Gasteiger charge is 2.22. The van der Waals surface area contributed by atoms with Gasteiger partial charge in [0.05, 0.1) is 5.75 Å². The molecule has 0 spiro atoms. The highest BCUT2D eigenvalue weighted by atomic mass is 32.2. The normalized spacial score (nSPS) is 11.0. The van der Waals surface area contributed by atoms with Crippen LogP contribution in [0.5, 0.6) is 0 Å². The van der Waals surface area contributed by atoms with E-state index in [-0.39, 0.29) is 22.4 Å². The minimum Gasteiger partial charge on any atom is -0.411 e. The number of aryl methyl sites for hydroxylation is 1. The summed E-state index contributed by atoms with van der Waals surface area (Å²) in [7, 11) is 1.33. The van der Waals surface area contributed by atoms with Crippen molar-refractivity contribution in [3.05, 3.63) is 56.2 Å². The third-order valence-corrected chi connectivity index (χ3v) is 5.24. The van der Waals surface area contributed by atoms with Gasteiger partial charge in [-0.1, -0.05) is 36.9 Å². The van der Waals surface area contributed by atoms with Gasteiger partial charge in [-0.2, -0.15) is 0 Å². The summed E-state index contributed by atoms with van der Waals surface area (Å²) in [5.41, 5.74) is 6.31. The van der Waals surface area contributed by atoms with Crippen LogP contribution in [-0.4, -0.2) is 30.9 Å². The molecule has 10 heteroatoms. The second kappa shape index (κ2) is 8.48. The Morgan fingerprint density at radius 3 is 2.66 bits per heavy atom. The van der Waals surface area contributed by atoms with Crippen LogP contribution in [0.4, 0.5) is 5.82 Å². The van der Waals surface area contributed by atoms with Gasteiger partial charge in [0.2, 0.25) is 5.89 Å². The maximum Gasteiger partial charge on any atom is 0.332 e. The van der Waals surface area contributed by atoms with Gasteiger partial charge in [-0.25, -0.2) is 4.79 Å². The molecule has 3 rings (SSSR count). The smallest absolute Gasteiger partial charge is 0.332 e. The van der Waals surface area contributed by atoms with Crippen molar-refractivity contribution in [2.45, 2.75) is 32.0 Å². The lowest BCUT2D eigenvalue weighted by molar-refractivity contribution is 0.102. The number of hydrogen-bond acceptors (Lipinski definition) is 8. The quantitative estimate of drug-likeness (QED) is 0.458. The summed E-state index contributed by atoms with van der Waals surface area (Å²) >= 11 is 1.01. The summed E-state index contributed by atoms with van der Waals surface area (Å²) in [6.07, 6.45) is 0.633. The molecule has 0 aliphatic rings. The summed E-state index contributed by atoms with van der Waals surface area (Å²) in [5, 5.41) is 8.16. The Bertz CT molecular complexity index is 1180. The number of ketones is 1. The lowest BCUT2D eigenvalue weighted by atomic mass is 10.1. The first-order valence-electron chi connectivity index (χ1n) is 9.00. The van der Waals surface area contributed by atoms with Crippen LogP contribution in [0.1, 0.15) is 29.3 Å². The third-order valence-electron chi connectivity index (χ3n) is 4.42. The van der Waals surface area contributed by atoms with E-state index in [2.05, 4.69) is 10.2 Å². The fourth-order valence-corrected chi connectivity index (χ4v) is 3.51. The number of hydrogen-bond donors (Lipinski definition) is 1. The number of nitrogen functional groups attached to an aromatic ring is 1. The summed E-state index contributed by atoms with van der Waals surface area (Å²) in [6, 6.07) is 7.57. The second-order valence-corrected chi connectivity index (χ2v) is 7.39. The van der Waals surface area contributed by atoms with Gasteiger partial charge in [0.25, 0.3) is 10.8 Å². The molecule has 0 saturated carbocycles. The van der Waals surface area contributed by atoms with Crippen molar-refractivity contribution in [1.82, 2.24) is 19.3 Å². The van der Waals surface area contributed by atoms with E-state index >= 15 is 0 Å². The molecule has 9 nitrogen and oxygen atoms in total. The number of nitrogens with two attached hydrogens (primary N) is 1. The van der Waals surface area contributed by atoms with Crippen LogP contribution >= 0.6 is 11.8 Å². The lowest BCUT2D eigenvalue weighted by Gasteiger charge is -2.13. The van der Waals surface area contributed by atoms with Crippen LogP contribution in [0.15, 0.2) is 43.5 Å². The van der Waals surface area contributed by atoms with Crippen molar-refractivity contribution >= 4 is 23.4 Å². The van der Waals surface area contributed by atoms with Gasteiger partial charge >= 0.3 is 5.69 Å². The molecule has 0 fully saturated rings. The van der Waals surface area contributed by atoms with Crippen molar-refractivity contribution in [1.29, 1.82) is 0 Å². The minimum absolute atomic E-state index is 0.114. The number of nitrogens with zero attached hydrogens (tertiary/aromatic N) is 4. The summed E-state index contributed by atoms with van der Waals surface area (Å²) in [5.74, 6) is -0.394. The standard InChI is InChI=1S/C19H21N5O4S/c1-4-9-24-15(20)14(17(26)23(3)19(24)27)13(25)10-29-18-22-21-16(28-18)12-8-6-5-7-11(12)2/h5-8H,4,9-10,20H2,1-3H3. The van der Waals surface area contributed by atoms with E-state index in [1.165, 1.54) is 11.6 Å². The number of benzene rings is 1. The summed E-state index contributed by atoms with van der Waals surface area (Å²) in [4.78, 5) is 37.3. The fourth-order valence-electron chi connectivity index (χ4n) is 2.87. The molecule has 1 aromatic carbocycles. The van der Waals surface area contributed by atoms with Crippen molar-refractivity contribution in [3.63, 3.8) is 0 Å². The molecule has 0 atom stereocenters. The zero-order chi connectivity index (χ0) is 21.1. The molecule has 0 aliphatic carbocycles. The number of anilines is 1. The van der Waals surface area contributed by atoms with Crippen LogP contribution in [0.3, 0.4) is 0 Å². The second-order valence-electron chi connectivity index (χ2n) is 6.46.